The molecule has 0 N–H and O–H groups in total. The van der Waals surface area contributed by atoms with Crippen molar-refractivity contribution in [2.75, 3.05) is 6.61 Å². The van der Waals surface area contributed by atoms with Gasteiger partial charge in [-0.2, -0.15) is 13.2 Å². The number of hydrogen-bond donors (Lipinski definition) is 0. The molecule has 0 aromatic heterocycles. The molecule has 0 aliphatic carbocycles. The van der Waals surface area contributed by atoms with Crippen molar-refractivity contribution >= 4 is 8.32 Å². The minimum Gasteiger partial charge on any atom is -0.520 e. The fraction of sp³-hybridized carbons (Fsp3) is 0.692. The van der Waals surface area contributed by atoms with Gasteiger partial charge in [-0.1, -0.05) is 26.5 Å². The summed E-state index contributed by atoms with van der Waals surface area (Å²) in [6, 6.07) is 0. The van der Waals surface area contributed by atoms with Crippen molar-refractivity contribution < 1.29 is 22.3 Å². The maximum atomic E-state index is 12.9. The fourth-order valence-corrected chi connectivity index (χ4v) is 2.10. The summed E-state index contributed by atoms with van der Waals surface area (Å²) in [7, 11) is -2.03. The van der Waals surface area contributed by atoms with Gasteiger partial charge in [0.15, 0.2) is 0 Å². The standard InChI is InChI=1S/C13H23F3O2Si/c1-7-8-17-12(18-19(4,5)6)9-11(10(2)3)13(14,15)16/h7,9-11H,1,8H2,2-6H3/b12-9-. The third kappa shape index (κ3) is 7.97. The summed E-state index contributed by atoms with van der Waals surface area (Å²) in [5.74, 6) is -2.20. The van der Waals surface area contributed by atoms with E-state index in [2.05, 4.69) is 6.58 Å². The molecule has 0 saturated carbocycles. The molecular weight excluding hydrogens is 273 g/mol. The van der Waals surface area contributed by atoms with Gasteiger partial charge in [0.1, 0.15) is 6.61 Å². The second-order valence-electron chi connectivity index (χ2n) is 5.61. The minimum atomic E-state index is -4.31. The van der Waals surface area contributed by atoms with Gasteiger partial charge in [-0.3, -0.25) is 0 Å². The molecule has 6 heteroatoms. The van der Waals surface area contributed by atoms with Gasteiger partial charge in [0.2, 0.25) is 8.32 Å². The van der Waals surface area contributed by atoms with E-state index < -0.39 is 26.3 Å². The highest BCUT2D eigenvalue weighted by Gasteiger charge is 2.41. The summed E-state index contributed by atoms with van der Waals surface area (Å²) < 4.78 is 49.5. The van der Waals surface area contributed by atoms with Gasteiger partial charge >= 0.3 is 6.18 Å². The van der Waals surface area contributed by atoms with Crippen LogP contribution in [0, 0.1) is 11.8 Å². The summed E-state index contributed by atoms with van der Waals surface area (Å²) >= 11 is 0. The minimum absolute atomic E-state index is 0.0462. The fourth-order valence-electron chi connectivity index (χ4n) is 1.37. The van der Waals surface area contributed by atoms with Crippen molar-refractivity contribution in [2.24, 2.45) is 11.8 Å². The predicted octanol–water partition coefficient (Wildman–Crippen LogP) is 4.72. The maximum absolute atomic E-state index is 12.9. The van der Waals surface area contributed by atoms with Crippen LogP contribution in [-0.2, 0) is 9.16 Å². The highest BCUT2D eigenvalue weighted by atomic mass is 28.4. The van der Waals surface area contributed by atoms with E-state index in [4.69, 9.17) is 9.16 Å². The number of halogens is 3. The van der Waals surface area contributed by atoms with Crippen LogP contribution in [0.25, 0.3) is 0 Å². The largest absolute Gasteiger partial charge is 0.520 e. The molecule has 19 heavy (non-hydrogen) atoms. The van der Waals surface area contributed by atoms with E-state index in [0.29, 0.717) is 0 Å². The second kappa shape index (κ2) is 7.03. The van der Waals surface area contributed by atoms with E-state index >= 15 is 0 Å². The van der Waals surface area contributed by atoms with Crippen molar-refractivity contribution in [1.29, 1.82) is 0 Å². The molecule has 0 aromatic carbocycles. The Morgan fingerprint density at radius 3 is 2.11 bits per heavy atom. The summed E-state index contributed by atoms with van der Waals surface area (Å²) in [6.45, 7) is 12.3. The molecule has 1 atom stereocenters. The molecule has 0 saturated heterocycles. The molecule has 0 radical (unpaired) electrons. The Balaban J connectivity index is 5.17. The zero-order valence-corrected chi connectivity index (χ0v) is 13.2. The normalized spacial score (nSPS) is 15.3. The Bertz CT molecular complexity index is 317. The number of alkyl halides is 3. The first-order chi connectivity index (χ1) is 8.47. The zero-order valence-electron chi connectivity index (χ0n) is 12.2. The van der Waals surface area contributed by atoms with Crippen LogP contribution in [0.5, 0.6) is 0 Å². The van der Waals surface area contributed by atoms with Crippen molar-refractivity contribution in [3.05, 3.63) is 24.7 Å². The van der Waals surface area contributed by atoms with Crippen molar-refractivity contribution in [2.45, 2.75) is 39.7 Å². The molecular formula is C13H23F3O2Si. The van der Waals surface area contributed by atoms with Crippen LogP contribution in [0.4, 0.5) is 13.2 Å². The summed E-state index contributed by atoms with van der Waals surface area (Å²) in [6.07, 6.45) is -1.80. The monoisotopic (exact) mass is 296 g/mol. The third-order valence-electron chi connectivity index (χ3n) is 2.16. The molecule has 0 aromatic rings. The molecule has 0 amide bonds. The topological polar surface area (TPSA) is 18.5 Å². The van der Waals surface area contributed by atoms with Gasteiger partial charge < -0.3 is 9.16 Å². The van der Waals surface area contributed by atoms with E-state index in [0.717, 1.165) is 6.08 Å². The van der Waals surface area contributed by atoms with E-state index in [1.165, 1.54) is 19.9 Å². The van der Waals surface area contributed by atoms with Gasteiger partial charge in [-0.15, -0.1) is 0 Å². The second-order valence-corrected chi connectivity index (χ2v) is 10.0. The van der Waals surface area contributed by atoms with E-state index in [-0.39, 0.29) is 12.6 Å². The Kier molecular flexibility index (Phi) is 6.69. The van der Waals surface area contributed by atoms with Crippen LogP contribution in [0.1, 0.15) is 13.8 Å². The van der Waals surface area contributed by atoms with Crippen LogP contribution in [0.15, 0.2) is 24.7 Å². The molecule has 1 unspecified atom stereocenters. The van der Waals surface area contributed by atoms with Gasteiger partial charge in [-0.05, 0) is 25.6 Å². The molecule has 112 valence electrons. The van der Waals surface area contributed by atoms with E-state index in [1.54, 1.807) is 0 Å². The van der Waals surface area contributed by atoms with Crippen LogP contribution < -0.4 is 0 Å². The number of allylic oxidation sites excluding steroid dienone is 1. The first-order valence-corrected chi connectivity index (χ1v) is 9.59. The van der Waals surface area contributed by atoms with Crippen LogP contribution in [0.2, 0.25) is 19.6 Å². The van der Waals surface area contributed by atoms with Crippen molar-refractivity contribution in [3.63, 3.8) is 0 Å². The van der Waals surface area contributed by atoms with Crippen LogP contribution in [-0.4, -0.2) is 21.1 Å². The molecule has 2 nitrogen and oxygen atoms in total. The van der Waals surface area contributed by atoms with Gasteiger partial charge in [0, 0.05) is 6.08 Å². The lowest BCUT2D eigenvalue weighted by Crippen LogP contribution is -2.29. The zero-order chi connectivity index (χ0) is 15.3. The van der Waals surface area contributed by atoms with Crippen LogP contribution in [0.3, 0.4) is 0 Å². The van der Waals surface area contributed by atoms with Gasteiger partial charge in [0.25, 0.3) is 5.95 Å². The molecule has 0 rings (SSSR count). The summed E-state index contributed by atoms with van der Waals surface area (Å²) in [4.78, 5) is 0. The number of hydrogen-bond acceptors (Lipinski definition) is 2. The maximum Gasteiger partial charge on any atom is 0.395 e. The summed E-state index contributed by atoms with van der Waals surface area (Å²) in [5, 5.41) is 0. The Hall–Kier alpha value is -0.913. The number of rotatable bonds is 7. The quantitative estimate of drug-likeness (QED) is 0.384. The van der Waals surface area contributed by atoms with Crippen molar-refractivity contribution in [1.82, 2.24) is 0 Å². The van der Waals surface area contributed by atoms with Gasteiger partial charge in [0.05, 0.1) is 5.92 Å². The highest BCUT2D eigenvalue weighted by molar-refractivity contribution is 6.69. The SMILES string of the molecule is C=CCO/C(=C/C(C(C)C)C(F)(F)F)O[Si](C)(C)C. The molecule has 0 aliphatic heterocycles. The van der Waals surface area contributed by atoms with Gasteiger partial charge in [-0.25, -0.2) is 0 Å². The Labute approximate surface area is 114 Å². The lowest BCUT2D eigenvalue weighted by atomic mass is 9.95. The van der Waals surface area contributed by atoms with E-state index in [9.17, 15) is 13.2 Å². The predicted molar refractivity (Wildman–Crippen MR) is 73.0 cm³/mol. The summed E-state index contributed by atoms with van der Waals surface area (Å²) in [5.41, 5.74) is 0. The molecule has 0 spiro atoms. The smallest absolute Gasteiger partial charge is 0.395 e. The molecule has 0 heterocycles. The average molecular weight is 296 g/mol. The molecule has 0 aliphatic rings. The lowest BCUT2D eigenvalue weighted by Gasteiger charge is -2.25. The van der Waals surface area contributed by atoms with E-state index in [1.807, 2.05) is 19.6 Å². The third-order valence-corrected chi connectivity index (χ3v) is 2.98. The van der Waals surface area contributed by atoms with Crippen molar-refractivity contribution in [3.8, 4) is 0 Å². The average Bonchev–Trinajstić information content (AvgIpc) is 2.17. The molecule has 0 bridgehead atoms. The molecule has 0 fully saturated rings. The first-order valence-electron chi connectivity index (χ1n) is 6.18. The number of ether oxygens (including phenoxy) is 1. The highest BCUT2D eigenvalue weighted by Crippen LogP contribution is 2.34. The first kappa shape index (κ1) is 18.1. The Morgan fingerprint density at radius 1 is 1.26 bits per heavy atom. The lowest BCUT2D eigenvalue weighted by molar-refractivity contribution is -0.172. The van der Waals surface area contributed by atoms with Crippen LogP contribution >= 0.6 is 0 Å². The Morgan fingerprint density at radius 2 is 1.79 bits per heavy atom.